The van der Waals surface area contributed by atoms with Crippen LogP contribution in [0, 0.1) is 5.92 Å². The van der Waals surface area contributed by atoms with Crippen LogP contribution in [0.25, 0.3) is 0 Å². The fourth-order valence-electron chi connectivity index (χ4n) is 2.75. The molecule has 0 saturated carbocycles. The van der Waals surface area contributed by atoms with Crippen LogP contribution in [0.5, 0.6) is 0 Å². The topological polar surface area (TPSA) is 92.8 Å². The smallest absolute Gasteiger partial charge is 0.330 e. The highest BCUT2D eigenvalue weighted by Gasteiger charge is 2.44. The standard InChI is InChI=1S/C18H22N2O5/c1-10(2)9-14(18(24)25-11(3)15(21)19-4)20-16(22)12-7-5-6-8-13(12)17(20)23/h5-8,10-11,14H,9H2,1-4H3,(H,19,21)/t11-,14+/m1/s1. The second-order valence-corrected chi connectivity index (χ2v) is 6.36. The third-order valence-corrected chi connectivity index (χ3v) is 4.01. The second kappa shape index (κ2) is 7.46. The van der Waals surface area contributed by atoms with Gasteiger partial charge in [-0.3, -0.25) is 19.3 Å². The molecule has 0 radical (unpaired) electrons. The van der Waals surface area contributed by atoms with Crippen molar-refractivity contribution in [2.45, 2.75) is 39.3 Å². The van der Waals surface area contributed by atoms with E-state index in [9.17, 15) is 19.2 Å². The Morgan fingerprint density at radius 2 is 1.60 bits per heavy atom. The summed E-state index contributed by atoms with van der Waals surface area (Å²) in [6.45, 7) is 5.19. The highest BCUT2D eigenvalue weighted by Crippen LogP contribution is 2.27. The summed E-state index contributed by atoms with van der Waals surface area (Å²) >= 11 is 0. The largest absolute Gasteiger partial charge is 0.451 e. The second-order valence-electron chi connectivity index (χ2n) is 6.36. The van der Waals surface area contributed by atoms with Crippen molar-refractivity contribution in [3.05, 3.63) is 35.4 Å². The summed E-state index contributed by atoms with van der Waals surface area (Å²) in [6, 6.07) is 5.37. The average molecular weight is 346 g/mol. The predicted molar refractivity (Wildman–Crippen MR) is 89.8 cm³/mol. The number of amides is 3. The van der Waals surface area contributed by atoms with E-state index >= 15 is 0 Å². The lowest BCUT2D eigenvalue weighted by Gasteiger charge is -2.27. The van der Waals surface area contributed by atoms with Gasteiger partial charge in [-0.2, -0.15) is 0 Å². The van der Waals surface area contributed by atoms with Gasteiger partial charge in [-0.25, -0.2) is 4.79 Å². The van der Waals surface area contributed by atoms with Gasteiger partial charge < -0.3 is 10.1 Å². The molecule has 7 nitrogen and oxygen atoms in total. The van der Waals surface area contributed by atoms with Gasteiger partial charge in [0.1, 0.15) is 6.04 Å². The predicted octanol–water partition coefficient (Wildman–Crippen LogP) is 1.37. The molecule has 0 spiro atoms. The molecule has 1 aromatic rings. The maximum Gasteiger partial charge on any atom is 0.330 e. The van der Waals surface area contributed by atoms with E-state index in [1.54, 1.807) is 24.3 Å². The number of fused-ring (bicyclic) bond motifs is 1. The van der Waals surface area contributed by atoms with E-state index in [0.29, 0.717) is 0 Å². The van der Waals surface area contributed by atoms with Crippen LogP contribution in [0.3, 0.4) is 0 Å². The van der Waals surface area contributed by atoms with E-state index in [1.807, 2.05) is 13.8 Å². The first-order chi connectivity index (χ1) is 11.8. The van der Waals surface area contributed by atoms with E-state index in [1.165, 1.54) is 14.0 Å². The van der Waals surface area contributed by atoms with Crippen molar-refractivity contribution in [3.8, 4) is 0 Å². The Morgan fingerprint density at radius 3 is 2.04 bits per heavy atom. The van der Waals surface area contributed by atoms with Gasteiger partial charge in [-0.1, -0.05) is 26.0 Å². The number of carbonyl (C=O) groups is 4. The normalized spacial score (nSPS) is 15.8. The van der Waals surface area contributed by atoms with Crippen LogP contribution in [0.4, 0.5) is 0 Å². The van der Waals surface area contributed by atoms with Gasteiger partial charge >= 0.3 is 5.97 Å². The zero-order chi connectivity index (χ0) is 18.7. The molecule has 0 bridgehead atoms. The molecule has 1 heterocycles. The molecule has 0 aliphatic carbocycles. The van der Waals surface area contributed by atoms with E-state index in [4.69, 9.17) is 4.74 Å². The van der Waals surface area contributed by atoms with Crippen LogP contribution in [0.2, 0.25) is 0 Å². The SMILES string of the molecule is CNC(=O)[C@@H](C)OC(=O)[C@H](CC(C)C)N1C(=O)c2ccccc2C1=O. The first kappa shape index (κ1) is 18.6. The summed E-state index contributed by atoms with van der Waals surface area (Å²) in [6.07, 6.45) is -0.757. The Morgan fingerprint density at radius 1 is 1.08 bits per heavy atom. The molecular formula is C18H22N2O5. The Labute approximate surface area is 146 Å². The molecule has 0 fully saturated rings. The van der Waals surface area contributed by atoms with Crippen molar-refractivity contribution in [1.29, 1.82) is 0 Å². The van der Waals surface area contributed by atoms with Crippen LogP contribution in [-0.2, 0) is 14.3 Å². The van der Waals surface area contributed by atoms with Crippen molar-refractivity contribution in [2.75, 3.05) is 7.05 Å². The number of ether oxygens (including phenoxy) is 1. The van der Waals surface area contributed by atoms with Gasteiger partial charge in [0.15, 0.2) is 6.10 Å². The van der Waals surface area contributed by atoms with Crippen molar-refractivity contribution in [3.63, 3.8) is 0 Å². The number of nitrogens with one attached hydrogen (secondary N) is 1. The number of likely N-dealkylation sites (N-methyl/N-ethyl adjacent to an activating group) is 1. The van der Waals surface area contributed by atoms with Crippen LogP contribution in [-0.4, -0.2) is 47.8 Å². The van der Waals surface area contributed by atoms with Crippen molar-refractivity contribution in [1.82, 2.24) is 10.2 Å². The summed E-state index contributed by atoms with van der Waals surface area (Å²) in [5.74, 6) is -2.22. The van der Waals surface area contributed by atoms with Crippen LogP contribution in [0.15, 0.2) is 24.3 Å². The molecule has 3 amide bonds. The minimum Gasteiger partial charge on any atom is -0.451 e. The lowest BCUT2D eigenvalue weighted by molar-refractivity contribution is -0.158. The fraction of sp³-hybridized carbons (Fsp3) is 0.444. The van der Waals surface area contributed by atoms with Gasteiger partial charge in [0.2, 0.25) is 0 Å². The number of rotatable bonds is 6. The lowest BCUT2D eigenvalue weighted by atomic mass is 10.0. The van der Waals surface area contributed by atoms with Crippen LogP contribution < -0.4 is 5.32 Å². The van der Waals surface area contributed by atoms with Gasteiger partial charge in [-0.15, -0.1) is 0 Å². The number of nitrogens with zero attached hydrogens (tertiary/aromatic N) is 1. The molecule has 0 unspecified atom stereocenters. The van der Waals surface area contributed by atoms with Crippen LogP contribution >= 0.6 is 0 Å². The third kappa shape index (κ3) is 3.70. The number of benzene rings is 1. The molecule has 0 aromatic heterocycles. The monoisotopic (exact) mass is 346 g/mol. The average Bonchev–Trinajstić information content (AvgIpc) is 2.83. The quantitative estimate of drug-likeness (QED) is 0.620. The summed E-state index contributed by atoms with van der Waals surface area (Å²) in [5, 5.41) is 2.39. The molecule has 1 aliphatic heterocycles. The van der Waals surface area contributed by atoms with Crippen molar-refractivity contribution >= 4 is 23.7 Å². The maximum absolute atomic E-state index is 12.6. The summed E-state index contributed by atoms with van der Waals surface area (Å²) < 4.78 is 5.18. The van der Waals surface area contributed by atoms with Crippen molar-refractivity contribution in [2.24, 2.45) is 5.92 Å². The van der Waals surface area contributed by atoms with Gasteiger partial charge in [0.25, 0.3) is 17.7 Å². The zero-order valence-corrected chi connectivity index (χ0v) is 14.7. The molecule has 25 heavy (non-hydrogen) atoms. The molecule has 1 aromatic carbocycles. The molecule has 2 atom stereocenters. The maximum atomic E-state index is 12.6. The Balaban J connectivity index is 2.29. The van der Waals surface area contributed by atoms with Crippen molar-refractivity contribution < 1.29 is 23.9 Å². The molecule has 7 heteroatoms. The molecule has 134 valence electrons. The van der Waals surface area contributed by atoms with E-state index < -0.39 is 35.8 Å². The van der Waals surface area contributed by atoms with E-state index in [0.717, 1.165) is 4.90 Å². The Bertz CT molecular complexity index is 678. The minimum atomic E-state index is -1.07. The first-order valence-corrected chi connectivity index (χ1v) is 8.16. The highest BCUT2D eigenvalue weighted by molar-refractivity contribution is 6.22. The molecule has 1 aliphatic rings. The number of imide groups is 1. The summed E-state index contributed by atoms with van der Waals surface area (Å²) in [7, 11) is 1.43. The van der Waals surface area contributed by atoms with E-state index in [-0.39, 0.29) is 23.5 Å². The number of hydrogen-bond donors (Lipinski definition) is 1. The molecule has 1 N–H and O–H groups in total. The lowest BCUT2D eigenvalue weighted by Crippen LogP contribution is -2.48. The summed E-state index contributed by atoms with van der Waals surface area (Å²) in [5.41, 5.74) is 0.543. The molecule has 0 saturated heterocycles. The van der Waals surface area contributed by atoms with Gasteiger partial charge in [-0.05, 0) is 31.4 Å². The fourth-order valence-corrected chi connectivity index (χ4v) is 2.75. The van der Waals surface area contributed by atoms with Gasteiger partial charge in [0.05, 0.1) is 11.1 Å². The van der Waals surface area contributed by atoms with Gasteiger partial charge in [0, 0.05) is 7.05 Å². The zero-order valence-electron chi connectivity index (χ0n) is 14.7. The highest BCUT2D eigenvalue weighted by atomic mass is 16.5. The summed E-state index contributed by atoms with van der Waals surface area (Å²) in [4.78, 5) is 50.4. The third-order valence-electron chi connectivity index (χ3n) is 4.01. The Kier molecular flexibility index (Phi) is 5.56. The first-order valence-electron chi connectivity index (χ1n) is 8.16. The number of esters is 1. The van der Waals surface area contributed by atoms with E-state index in [2.05, 4.69) is 5.32 Å². The molecular weight excluding hydrogens is 324 g/mol. The molecule has 2 rings (SSSR count). The minimum absolute atomic E-state index is 0.0390. The number of carbonyl (C=O) groups excluding carboxylic acids is 4. The number of hydrogen-bond acceptors (Lipinski definition) is 5. The Hall–Kier alpha value is -2.70. The van der Waals surface area contributed by atoms with Crippen LogP contribution in [0.1, 0.15) is 47.9 Å².